The van der Waals surface area contributed by atoms with Crippen molar-refractivity contribution in [3.63, 3.8) is 0 Å². The van der Waals surface area contributed by atoms with Crippen molar-refractivity contribution in [2.75, 3.05) is 20.3 Å². The molecule has 3 aromatic carbocycles. The topological polar surface area (TPSA) is 120 Å². The van der Waals surface area contributed by atoms with Crippen LogP contribution in [0.5, 0.6) is 17.2 Å². The number of para-hydroxylation sites is 1. The number of allylic oxidation sites excluding steroid dienone is 1. The number of amides is 1. The van der Waals surface area contributed by atoms with E-state index in [1.54, 1.807) is 62.4 Å². The Hall–Kier alpha value is -4.49. The third kappa shape index (κ3) is 8.32. The molecule has 13 heteroatoms. The summed E-state index contributed by atoms with van der Waals surface area (Å²) in [6, 6.07) is 15.9. The normalized spacial score (nSPS) is 14.5. The van der Waals surface area contributed by atoms with E-state index in [-0.39, 0.29) is 25.6 Å². The third-order valence-corrected chi connectivity index (χ3v) is 7.09. The zero-order chi connectivity index (χ0) is 31.6. The lowest BCUT2D eigenvalue weighted by Crippen LogP contribution is -2.45. The first-order chi connectivity index (χ1) is 21.2. The van der Waals surface area contributed by atoms with Crippen LogP contribution in [0.4, 0.5) is 4.39 Å². The number of ether oxygens (including phenoxy) is 4. The molecule has 0 aromatic heterocycles. The largest absolute Gasteiger partial charge is 0.493 e. The van der Waals surface area contributed by atoms with Crippen molar-refractivity contribution in [1.29, 1.82) is 0 Å². The van der Waals surface area contributed by atoms with E-state index in [0.29, 0.717) is 54.8 Å². The fourth-order valence-corrected chi connectivity index (χ4v) is 5.19. The monoisotopic (exact) mass is 684 g/mol. The van der Waals surface area contributed by atoms with Gasteiger partial charge in [-0.15, -0.1) is 0 Å². The first kappa shape index (κ1) is 32.4. The highest BCUT2D eigenvalue weighted by Gasteiger charge is 2.32. The van der Waals surface area contributed by atoms with Crippen molar-refractivity contribution in [2.24, 2.45) is 5.10 Å². The standard InChI is InChI=1S/C31H30BrFN4O6S/c1-4-41-30(39)27-18(2)35-31(44)36-28(27)22-10-5-6-11-24(22)42-17-26(38)37-34-15-20-13-23(32)29(25(14-20)40-3)43-16-19-8-7-9-21(33)12-19/h5-15,28H,4,16-17H2,1-3H3,(H,37,38)(H2,35,36,44)/t28-/m1/s1. The molecule has 3 aromatic rings. The highest BCUT2D eigenvalue weighted by atomic mass is 79.9. The molecule has 0 radical (unpaired) electrons. The highest BCUT2D eigenvalue weighted by Crippen LogP contribution is 2.37. The molecular weight excluding hydrogens is 655 g/mol. The number of nitrogens with one attached hydrogen (secondary N) is 3. The van der Waals surface area contributed by atoms with Gasteiger partial charge in [-0.05, 0) is 83.5 Å². The highest BCUT2D eigenvalue weighted by molar-refractivity contribution is 9.10. The number of carbonyl (C=O) groups excluding carboxylic acids is 2. The molecule has 1 atom stereocenters. The summed E-state index contributed by atoms with van der Waals surface area (Å²) in [6.07, 6.45) is 1.44. The van der Waals surface area contributed by atoms with Crippen LogP contribution in [0.1, 0.15) is 36.6 Å². The maximum absolute atomic E-state index is 13.5. The summed E-state index contributed by atoms with van der Waals surface area (Å²) in [5.74, 6) is -0.117. The Balaban J connectivity index is 1.40. The zero-order valence-corrected chi connectivity index (χ0v) is 26.5. The second-order valence-corrected chi connectivity index (χ2v) is 10.6. The maximum Gasteiger partial charge on any atom is 0.338 e. The number of hydrogen-bond donors (Lipinski definition) is 3. The summed E-state index contributed by atoms with van der Waals surface area (Å²) < 4.78 is 36.5. The van der Waals surface area contributed by atoms with Gasteiger partial charge in [0.1, 0.15) is 18.2 Å². The van der Waals surface area contributed by atoms with Crippen molar-refractivity contribution in [1.82, 2.24) is 16.1 Å². The van der Waals surface area contributed by atoms with Crippen LogP contribution in [0, 0.1) is 5.82 Å². The second kappa shape index (κ2) is 15.3. The van der Waals surface area contributed by atoms with Gasteiger partial charge in [-0.2, -0.15) is 5.10 Å². The first-order valence-corrected chi connectivity index (χ1v) is 14.6. The molecule has 0 saturated heterocycles. The summed E-state index contributed by atoms with van der Waals surface area (Å²) in [5.41, 5.74) is 5.24. The summed E-state index contributed by atoms with van der Waals surface area (Å²) in [5, 5.41) is 10.4. The van der Waals surface area contributed by atoms with Gasteiger partial charge in [0.2, 0.25) is 0 Å². The molecule has 230 valence electrons. The minimum absolute atomic E-state index is 0.139. The number of benzene rings is 3. The molecule has 0 fully saturated rings. The van der Waals surface area contributed by atoms with Gasteiger partial charge in [0.15, 0.2) is 23.2 Å². The van der Waals surface area contributed by atoms with Gasteiger partial charge in [0, 0.05) is 11.3 Å². The number of hydrogen-bond acceptors (Lipinski definition) is 8. The molecule has 0 spiro atoms. The van der Waals surface area contributed by atoms with Crippen molar-refractivity contribution in [3.8, 4) is 17.2 Å². The van der Waals surface area contributed by atoms with E-state index in [1.807, 2.05) is 0 Å². The molecule has 0 aliphatic carbocycles. The SMILES string of the molecule is CCOC(=O)C1=C(C)NC(=S)N[C@@H]1c1ccccc1OCC(=O)NN=Cc1cc(Br)c(OCc2cccc(F)c2)c(OC)c1. The fraction of sp³-hybridized carbons (Fsp3) is 0.226. The Morgan fingerprint density at radius 2 is 1.91 bits per heavy atom. The van der Waals surface area contributed by atoms with E-state index in [2.05, 4.69) is 37.1 Å². The maximum atomic E-state index is 13.5. The molecule has 10 nitrogen and oxygen atoms in total. The smallest absolute Gasteiger partial charge is 0.338 e. The Bertz CT molecular complexity index is 1620. The summed E-state index contributed by atoms with van der Waals surface area (Å²) in [4.78, 5) is 25.3. The van der Waals surface area contributed by atoms with Crippen LogP contribution in [0.25, 0.3) is 0 Å². The molecule has 1 aliphatic heterocycles. The minimum atomic E-state index is -0.644. The van der Waals surface area contributed by atoms with Gasteiger partial charge in [0.05, 0.1) is 36.0 Å². The van der Waals surface area contributed by atoms with Gasteiger partial charge < -0.3 is 29.6 Å². The van der Waals surface area contributed by atoms with Crippen molar-refractivity contribution < 1.29 is 32.9 Å². The van der Waals surface area contributed by atoms with Crippen LogP contribution in [0.2, 0.25) is 0 Å². The van der Waals surface area contributed by atoms with E-state index in [4.69, 9.17) is 31.2 Å². The first-order valence-electron chi connectivity index (χ1n) is 13.4. The van der Waals surface area contributed by atoms with Gasteiger partial charge in [-0.1, -0.05) is 30.3 Å². The average molecular weight is 686 g/mol. The summed E-state index contributed by atoms with van der Waals surface area (Å²) in [7, 11) is 1.49. The summed E-state index contributed by atoms with van der Waals surface area (Å²) >= 11 is 8.78. The zero-order valence-electron chi connectivity index (χ0n) is 24.1. The second-order valence-electron chi connectivity index (χ2n) is 9.36. The molecule has 1 aliphatic rings. The van der Waals surface area contributed by atoms with E-state index in [9.17, 15) is 14.0 Å². The predicted octanol–water partition coefficient (Wildman–Crippen LogP) is 5.06. The molecule has 1 heterocycles. The summed E-state index contributed by atoms with van der Waals surface area (Å²) in [6.45, 7) is 3.47. The predicted molar refractivity (Wildman–Crippen MR) is 170 cm³/mol. The number of rotatable bonds is 12. The Morgan fingerprint density at radius 1 is 1.11 bits per heavy atom. The minimum Gasteiger partial charge on any atom is -0.493 e. The average Bonchev–Trinajstić information content (AvgIpc) is 2.99. The lowest BCUT2D eigenvalue weighted by Gasteiger charge is -2.30. The molecule has 3 N–H and O–H groups in total. The molecule has 4 rings (SSSR count). The molecule has 0 saturated carbocycles. The fourth-order valence-electron chi connectivity index (χ4n) is 4.35. The molecule has 44 heavy (non-hydrogen) atoms. The molecular formula is C31H30BrFN4O6S. The van der Waals surface area contributed by atoms with Crippen LogP contribution in [-0.4, -0.2) is 43.5 Å². The number of thiocarbonyl (C=S) groups is 1. The van der Waals surface area contributed by atoms with Crippen LogP contribution in [0.3, 0.4) is 0 Å². The van der Waals surface area contributed by atoms with E-state index in [0.717, 1.165) is 0 Å². The Kier molecular flexibility index (Phi) is 11.3. The van der Waals surface area contributed by atoms with Crippen molar-refractivity contribution >= 4 is 51.4 Å². The number of carbonyl (C=O) groups is 2. The number of nitrogens with zero attached hydrogens (tertiary/aromatic N) is 1. The number of methoxy groups -OCH3 is 1. The lowest BCUT2D eigenvalue weighted by atomic mass is 9.95. The van der Waals surface area contributed by atoms with Crippen LogP contribution in [-0.2, 0) is 20.9 Å². The van der Waals surface area contributed by atoms with E-state index in [1.165, 1.54) is 25.5 Å². The van der Waals surface area contributed by atoms with Gasteiger partial charge in [-0.3, -0.25) is 4.79 Å². The number of esters is 1. The molecule has 0 bridgehead atoms. The molecule has 0 unspecified atom stereocenters. The Labute approximate surface area is 267 Å². The van der Waals surface area contributed by atoms with E-state index >= 15 is 0 Å². The molecule has 1 amide bonds. The van der Waals surface area contributed by atoms with E-state index < -0.39 is 17.9 Å². The van der Waals surface area contributed by atoms with Gasteiger partial charge >= 0.3 is 5.97 Å². The van der Waals surface area contributed by atoms with Crippen LogP contribution >= 0.6 is 28.1 Å². The number of halogens is 2. The van der Waals surface area contributed by atoms with Crippen LogP contribution < -0.4 is 30.3 Å². The Morgan fingerprint density at radius 3 is 2.66 bits per heavy atom. The van der Waals surface area contributed by atoms with Crippen molar-refractivity contribution in [2.45, 2.75) is 26.5 Å². The third-order valence-electron chi connectivity index (χ3n) is 6.28. The lowest BCUT2D eigenvalue weighted by molar-refractivity contribution is -0.139. The number of hydrazone groups is 1. The van der Waals surface area contributed by atoms with Gasteiger partial charge in [-0.25, -0.2) is 14.6 Å². The van der Waals surface area contributed by atoms with Crippen LogP contribution in [0.15, 0.2) is 81.5 Å². The quantitative estimate of drug-likeness (QED) is 0.104. The van der Waals surface area contributed by atoms with Gasteiger partial charge in [0.25, 0.3) is 5.91 Å². The van der Waals surface area contributed by atoms with Crippen molar-refractivity contribution in [3.05, 3.63) is 98.9 Å².